The van der Waals surface area contributed by atoms with Crippen molar-refractivity contribution in [3.63, 3.8) is 0 Å². The Bertz CT molecular complexity index is 910. The van der Waals surface area contributed by atoms with Crippen LogP contribution in [0.1, 0.15) is 11.1 Å². The van der Waals surface area contributed by atoms with E-state index in [0.717, 1.165) is 23.1 Å². The quantitative estimate of drug-likeness (QED) is 0.335. The van der Waals surface area contributed by atoms with Crippen molar-refractivity contribution in [1.29, 1.82) is 0 Å². The number of rotatable bonds is 5. The molecule has 0 atom stereocenters. The standard InChI is InChI=1S/C18H14N2O4S2/c1-24-14-8-6-12(7-9-14)11-19-17(21)16(26-18(19)25)10-13-4-2-3-5-15(13)20(22)23/h2-10H,11H2,1H3. The van der Waals surface area contributed by atoms with Crippen LogP contribution in [0.25, 0.3) is 6.08 Å². The van der Waals surface area contributed by atoms with Gasteiger partial charge >= 0.3 is 0 Å². The van der Waals surface area contributed by atoms with Crippen LogP contribution in [0.2, 0.25) is 0 Å². The van der Waals surface area contributed by atoms with Crippen molar-refractivity contribution in [2.45, 2.75) is 6.54 Å². The zero-order chi connectivity index (χ0) is 18.7. The molecule has 1 aliphatic heterocycles. The first-order valence-corrected chi connectivity index (χ1v) is 8.84. The number of nitrogens with zero attached hydrogens (tertiary/aromatic N) is 2. The molecule has 0 saturated carbocycles. The number of para-hydroxylation sites is 1. The minimum absolute atomic E-state index is 0.0482. The number of nitro benzene ring substituents is 1. The number of hydrogen-bond acceptors (Lipinski definition) is 6. The van der Waals surface area contributed by atoms with Gasteiger partial charge in [-0.05, 0) is 29.8 Å². The van der Waals surface area contributed by atoms with Crippen molar-refractivity contribution in [2.24, 2.45) is 0 Å². The molecule has 0 unspecified atom stereocenters. The van der Waals surface area contributed by atoms with E-state index in [0.29, 0.717) is 21.3 Å². The summed E-state index contributed by atoms with van der Waals surface area (Å²) in [5.74, 6) is 0.476. The molecule has 2 aromatic carbocycles. The summed E-state index contributed by atoms with van der Waals surface area (Å²) in [5.41, 5.74) is 1.24. The molecule has 1 amide bonds. The summed E-state index contributed by atoms with van der Waals surface area (Å²) in [5, 5.41) is 11.1. The van der Waals surface area contributed by atoms with Gasteiger partial charge in [-0.3, -0.25) is 19.8 Å². The van der Waals surface area contributed by atoms with E-state index in [1.54, 1.807) is 25.3 Å². The van der Waals surface area contributed by atoms with Crippen molar-refractivity contribution in [3.05, 3.63) is 74.7 Å². The molecule has 0 radical (unpaired) electrons. The maximum absolute atomic E-state index is 12.7. The van der Waals surface area contributed by atoms with Crippen molar-refractivity contribution in [1.82, 2.24) is 4.90 Å². The monoisotopic (exact) mass is 386 g/mol. The number of carbonyl (C=O) groups excluding carboxylic acids is 1. The van der Waals surface area contributed by atoms with Crippen LogP contribution >= 0.6 is 24.0 Å². The number of methoxy groups -OCH3 is 1. The lowest BCUT2D eigenvalue weighted by molar-refractivity contribution is -0.385. The van der Waals surface area contributed by atoms with Crippen molar-refractivity contribution >= 4 is 46.0 Å². The van der Waals surface area contributed by atoms with Gasteiger partial charge in [0.2, 0.25) is 0 Å². The summed E-state index contributed by atoms with van der Waals surface area (Å²) in [4.78, 5) is 25.2. The van der Waals surface area contributed by atoms with Crippen molar-refractivity contribution < 1.29 is 14.5 Å². The first-order chi connectivity index (χ1) is 12.5. The minimum atomic E-state index is -0.468. The van der Waals surface area contributed by atoms with Gasteiger partial charge in [-0.2, -0.15) is 0 Å². The molecule has 0 bridgehead atoms. The summed E-state index contributed by atoms with van der Waals surface area (Å²) in [6.07, 6.45) is 1.52. The van der Waals surface area contributed by atoms with Crippen LogP contribution in [0.3, 0.4) is 0 Å². The Balaban J connectivity index is 1.83. The topological polar surface area (TPSA) is 72.7 Å². The van der Waals surface area contributed by atoms with Gasteiger partial charge in [-0.25, -0.2) is 0 Å². The average molecular weight is 386 g/mol. The Kier molecular flexibility index (Phi) is 5.34. The van der Waals surface area contributed by atoms with Crippen LogP contribution in [0.5, 0.6) is 5.75 Å². The van der Waals surface area contributed by atoms with Crippen LogP contribution in [0, 0.1) is 10.1 Å². The molecule has 1 saturated heterocycles. The van der Waals surface area contributed by atoms with E-state index < -0.39 is 4.92 Å². The second-order valence-electron chi connectivity index (χ2n) is 5.43. The lowest BCUT2D eigenvalue weighted by atomic mass is 10.1. The van der Waals surface area contributed by atoms with E-state index >= 15 is 0 Å². The zero-order valence-corrected chi connectivity index (χ0v) is 15.4. The van der Waals surface area contributed by atoms with Gasteiger partial charge in [-0.15, -0.1) is 0 Å². The lowest BCUT2D eigenvalue weighted by Crippen LogP contribution is -2.27. The molecule has 0 aliphatic carbocycles. The molecule has 132 valence electrons. The van der Waals surface area contributed by atoms with Crippen LogP contribution in [0.4, 0.5) is 5.69 Å². The average Bonchev–Trinajstić information content (AvgIpc) is 2.90. The van der Waals surface area contributed by atoms with Crippen LogP contribution in [-0.2, 0) is 11.3 Å². The van der Waals surface area contributed by atoms with Gasteiger partial charge in [-0.1, -0.05) is 48.2 Å². The molecule has 2 aromatic rings. The predicted octanol–water partition coefficient (Wildman–Crippen LogP) is 4.00. The fraction of sp³-hybridized carbons (Fsp3) is 0.111. The maximum Gasteiger partial charge on any atom is 0.276 e. The molecule has 0 N–H and O–H groups in total. The molecular weight excluding hydrogens is 372 g/mol. The Morgan fingerprint density at radius 3 is 2.58 bits per heavy atom. The third-order valence-electron chi connectivity index (χ3n) is 3.79. The summed E-state index contributed by atoms with van der Waals surface area (Å²) >= 11 is 6.46. The van der Waals surface area contributed by atoms with Gasteiger partial charge in [0.05, 0.1) is 29.0 Å². The van der Waals surface area contributed by atoms with Gasteiger partial charge in [0, 0.05) is 6.07 Å². The van der Waals surface area contributed by atoms with E-state index in [-0.39, 0.29) is 11.6 Å². The molecule has 26 heavy (non-hydrogen) atoms. The fourth-order valence-corrected chi connectivity index (χ4v) is 3.71. The van der Waals surface area contributed by atoms with Gasteiger partial charge in [0.1, 0.15) is 10.1 Å². The minimum Gasteiger partial charge on any atom is -0.497 e. The Hall–Kier alpha value is -2.71. The molecule has 1 aliphatic rings. The lowest BCUT2D eigenvalue weighted by Gasteiger charge is -2.14. The molecule has 0 aromatic heterocycles. The third kappa shape index (κ3) is 3.76. The fourth-order valence-electron chi connectivity index (χ4n) is 2.47. The van der Waals surface area contributed by atoms with Crippen molar-refractivity contribution in [3.8, 4) is 5.75 Å². The highest BCUT2D eigenvalue weighted by Gasteiger charge is 2.32. The van der Waals surface area contributed by atoms with Crippen LogP contribution in [-0.4, -0.2) is 27.2 Å². The smallest absolute Gasteiger partial charge is 0.276 e. The number of thiocarbonyl (C=S) groups is 1. The highest BCUT2D eigenvalue weighted by Crippen LogP contribution is 2.35. The molecule has 0 spiro atoms. The second-order valence-corrected chi connectivity index (χ2v) is 7.11. The normalized spacial score (nSPS) is 15.6. The molecular formula is C18H14N2O4S2. The third-order valence-corrected chi connectivity index (χ3v) is 5.17. The summed E-state index contributed by atoms with van der Waals surface area (Å²) in [6.45, 7) is 0.336. The number of hydrogen-bond donors (Lipinski definition) is 0. The second kappa shape index (κ2) is 7.67. The van der Waals surface area contributed by atoms with E-state index in [1.807, 2.05) is 24.3 Å². The summed E-state index contributed by atoms with van der Waals surface area (Å²) in [7, 11) is 1.59. The van der Waals surface area contributed by atoms with E-state index in [1.165, 1.54) is 17.0 Å². The number of nitro groups is 1. The number of ether oxygens (including phenoxy) is 1. The van der Waals surface area contributed by atoms with Gasteiger partial charge < -0.3 is 4.74 Å². The molecule has 8 heteroatoms. The number of carbonyl (C=O) groups is 1. The largest absolute Gasteiger partial charge is 0.497 e. The Morgan fingerprint density at radius 2 is 1.92 bits per heavy atom. The van der Waals surface area contributed by atoms with E-state index in [2.05, 4.69) is 0 Å². The molecule has 6 nitrogen and oxygen atoms in total. The predicted molar refractivity (Wildman–Crippen MR) is 105 cm³/mol. The number of thioether (sulfide) groups is 1. The van der Waals surface area contributed by atoms with Gasteiger partial charge in [0.15, 0.2) is 0 Å². The maximum atomic E-state index is 12.7. The van der Waals surface area contributed by atoms with E-state index in [9.17, 15) is 14.9 Å². The highest BCUT2D eigenvalue weighted by atomic mass is 32.2. The molecule has 3 rings (SSSR count). The Labute approximate surface area is 159 Å². The molecule has 1 heterocycles. The molecule has 1 fully saturated rings. The van der Waals surface area contributed by atoms with Crippen molar-refractivity contribution in [2.75, 3.05) is 7.11 Å². The zero-order valence-electron chi connectivity index (χ0n) is 13.7. The van der Waals surface area contributed by atoms with Crippen LogP contribution < -0.4 is 4.74 Å². The van der Waals surface area contributed by atoms with Gasteiger partial charge in [0.25, 0.3) is 11.6 Å². The van der Waals surface area contributed by atoms with E-state index in [4.69, 9.17) is 17.0 Å². The Morgan fingerprint density at radius 1 is 1.23 bits per heavy atom. The summed E-state index contributed by atoms with van der Waals surface area (Å²) in [6, 6.07) is 13.7. The first kappa shape index (κ1) is 18.1. The highest BCUT2D eigenvalue weighted by molar-refractivity contribution is 8.26. The number of amides is 1. The number of benzene rings is 2. The first-order valence-electron chi connectivity index (χ1n) is 7.61. The SMILES string of the molecule is COc1ccc(CN2C(=O)C(=Cc3ccccc3[N+](=O)[O-])SC2=S)cc1. The summed E-state index contributed by atoms with van der Waals surface area (Å²) < 4.78 is 5.55. The van der Waals surface area contributed by atoms with Crippen LogP contribution in [0.15, 0.2) is 53.4 Å².